The van der Waals surface area contributed by atoms with Crippen molar-refractivity contribution in [1.82, 2.24) is 0 Å². The van der Waals surface area contributed by atoms with Crippen LogP contribution in [-0.2, 0) is 23.8 Å². The Morgan fingerprint density at radius 2 is 1.97 bits per heavy atom. The summed E-state index contributed by atoms with van der Waals surface area (Å²) in [4.78, 5) is 25.0. The summed E-state index contributed by atoms with van der Waals surface area (Å²) in [5.74, 6) is 0.354. The molecule has 0 N–H and O–H groups in total. The van der Waals surface area contributed by atoms with Crippen molar-refractivity contribution in [2.75, 3.05) is 13.9 Å². The lowest BCUT2D eigenvalue weighted by Crippen LogP contribution is -2.33. The average molecular weight is 406 g/mol. The Labute approximate surface area is 169 Å². The third-order valence-electron chi connectivity index (χ3n) is 5.26. The van der Waals surface area contributed by atoms with Crippen molar-refractivity contribution in [1.29, 1.82) is 0 Å². The van der Waals surface area contributed by atoms with Crippen LogP contribution in [0.1, 0.15) is 46.3 Å². The van der Waals surface area contributed by atoms with E-state index in [1.54, 1.807) is 52.8 Å². The number of carbonyl (C=O) groups excluding carboxylic acids is 2. The number of rotatable bonds is 7. The molecule has 0 amide bonds. The highest BCUT2D eigenvalue weighted by atomic mass is 16.7. The number of carbonyl (C=O) groups is 2. The second-order valence-corrected chi connectivity index (χ2v) is 7.23. The van der Waals surface area contributed by atoms with Crippen LogP contribution in [0.15, 0.2) is 23.8 Å². The minimum atomic E-state index is -0.978. The van der Waals surface area contributed by atoms with Gasteiger partial charge < -0.3 is 28.4 Å². The molecule has 0 aromatic heterocycles. The minimum absolute atomic E-state index is 0.0649. The molecular weight excluding hydrogens is 380 g/mol. The molecular formula is C21H26O8. The molecule has 2 aliphatic rings. The summed E-state index contributed by atoms with van der Waals surface area (Å²) < 4.78 is 32.9. The van der Waals surface area contributed by atoms with Crippen molar-refractivity contribution in [3.8, 4) is 17.2 Å². The zero-order valence-corrected chi connectivity index (χ0v) is 17.4. The van der Waals surface area contributed by atoms with Gasteiger partial charge in [-0.3, -0.25) is 0 Å². The van der Waals surface area contributed by atoms with E-state index in [-0.39, 0.29) is 12.9 Å². The Morgan fingerprint density at radius 3 is 2.55 bits per heavy atom. The first kappa shape index (κ1) is 21.0. The Kier molecular flexibility index (Phi) is 5.75. The van der Waals surface area contributed by atoms with Gasteiger partial charge in [0, 0.05) is 11.1 Å². The largest absolute Gasteiger partial charge is 0.493 e. The van der Waals surface area contributed by atoms with Crippen molar-refractivity contribution in [2.45, 2.75) is 58.5 Å². The number of fused-ring (bicyclic) bond motifs is 1. The summed E-state index contributed by atoms with van der Waals surface area (Å²) in [5, 5.41) is 0. The molecule has 0 radical (unpaired) electrons. The Bertz CT molecular complexity index is 845. The molecule has 4 atom stereocenters. The molecule has 0 bridgehead atoms. The van der Waals surface area contributed by atoms with Crippen LogP contribution in [0.4, 0.5) is 0 Å². The summed E-state index contributed by atoms with van der Waals surface area (Å²) in [7, 11) is 1.50. The molecule has 1 aromatic rings. The second kappa shape index (κ2) is 7.94. The van der Waals surface area contributed by atoms with Gasteiger partial charge in [0.15, 0.2) is 23.2 Å². The van der Waals surface area contributed by atoms with E-state index in [4.69, 9.17) is 28.4 Å². The Hall–Kier alpha value is -2.74. The SMILES string of the molecule is CC=C(C)C(=O)OC(c1cc(OC)c2c(c1)OCO2)C(C)OC(=O)C1(C)OC1C. The van der Waals surface area contributed by atoms with Gasteiger partial charge in [-0.25, -0.2) is 9.59 Å². The molecule has 1 fully saturated rings. The molecule has 0 saturated carbocycles. The van der Waals surface area contributed by atoms with E-state index in [1.807, 2.05) is 0 Å². The molecule has 0 aliphatic carbocycles. The maximum absolute atomic E-state index is 12.5. The van der Waals surface area contributed by atoms with Crippen molar-refractivity contribution >= 4 is 11.9 Å². The molecule has 1 aromatic carbocycles. The van der Waals surface area contributed by atoms with Gasteiger partial charge in [0.2, 0.25) is 12.5 Å². The average Bonchev–Trinajstić information content (AvgIpc) is 3.09. The van der Waals surface area contributed by atoms with Crippen LogP contribution >= 0.6 is 0 Å². The highest BCUT2D eigenvalue weighted by molar-refractivity contribution is 5.88. The lowest BCUT2D eigenvalue weighted by atomic mass is 10.0. The number of ether oxygens (including phenoxy) is 6. The van der Waals surface area contributed by atoms with E-state index in [1.165, 1.54) is 7.11 Å². The van der Waals surface area contributed by atoms with Gasteiger partial charge in [0.05, 0.1) is 13.2 Å². The number of hydrogen-bond donors (Lipinski definition) is 0. The number of methoxy groups -OCH3 is 1. The van der Waals surface area contributed by atoms with E-state index < -0.39 is 29.7 Å². The third kappa shape index (κ3) is 4.03. The molecule has 3 rings (SSSR count). The van der Waals surface area contributed by atoms with Gasteiger partial charge >= 0.3 is 11.9 Å². The van der Waals surface area contributed by atoms with Gasteiger partial charge in [-0.1, -0.05) is 6.08 Å². The smallest absolute Gasteiger partial charge is 0.341 e. The molecule has 8 heteroatoms. The van der Waals surface area contributed by atoms with E-state index in [9.17, 15) is 9.59 Å². The van der Waals surface area contributed by atoms with E-state index in [2.05, 4.69) is 0 Å². The van der Waals surface area contributed by atoms with Crippen molar-refractivity contribution in [3.63, 3.8) is 0 Å². The maximum Gasteiger partial charge on any atom is 0.341 e. The molecule has 2 aliphatic heterocycles. The van der Waals surface area contributed by atoms with Gasteiger partial charge in [0.1, 0.15) is 6.10 Å². The zero-order valence-electron chi connectivity index (χ0n) is 17.4. The topological polar surface area (TPSA) is 92.8 Å². The fourth-order valence-corrected chi connectivity index (χ4v) is 2.97. The van der Waals surface area contributed by atoms with Crippen LogP contribution < -0.4 is 14.2 Å². The van der Waals surface area contributed by atoms with Crippen LogP contribution in [0.25, 0.3) is 0 Å². The predicted molar refractivity (Wildman–Crippen MR) is 102 cm³/mol. The number of allylic oxidation sites excluding steroid dienone is 1. The normalized spacial score (nSPS) is 24.5. The highest BCUT2D eigenvalue weighted by Crippen LogP contribution is 2.44. The number of hydrogen-bond acceptors (Lipinski definition) is 8. The number of esters is 2. The van der Waals surface area contributed by atoms with Gasteiger partial charge in [-0.15, -0.1) is 0 Å². The zero-order chi connectivity index (χ0) is 21.3. The summed E-state index contributed by atoms with van der Waals surface area (Å²) in [6.45, 7) is 8.58. The first-order valence-electron chi connectivity index (χ1n) is 9.41. The predicted octanol–water partition coefficient (Wildman–Crippen LogP) is 3.08. The van der Waals surface area contributed by atoms with Crippen LogP contribution in [0.5, 0.6) is 17.2 Å². The third-order valence-corrected chi connectivity index (χ3v) is 5.26. The molecule has 2 heterocycles. The monoisotopic (exact) mass is 406 g/mol. The van der Waals surface area contributed by atoms with E-state index in [0.29, 0.717) is 28.4 Å². The van der Waals surface area contributed by atoms with E-state index >= 15 is 0 Å². The lowest BCUT2D eigenvalue weighted by Gasteiger charge is -2.26. The molecule has 4 unspecified atom stereocenters. The standard InChI is InChI=1S/C21H26O8/c1-7-11(2)19(22)28-17(12(3)27-20(23)21(5)13(4)29-21)14-8-15(24-6)18-16(9-14)25-10-26-18/h7-9,12-13,17H,10H2,1-6H3. The summed E-state index contributed by atoms with van der Waals surface area (Å²) in [5.41, 5.74) is 0.0140. The summed E-state index contributed by atoms with van der Waals surface area (Å²) in [6, 6.07) is 3.37. The minimum Gasteiger partial charge on any atom is -0.493 e. The quantitative estimate of drug-likeness (QED) is 0.387. The van der Waals surface area contributed by atoms with Crippen molar-refractivity contribution in [3.05, 3.63) is 29.3 Å². The van der Waals surface area contributed by atoms with E-state index in [0.717, 1.165) is 0 Å². The van der Waals surface area contributed by atoms with Crippen molar-refractivity contribution in [2.24, 2.45) is 0 Å². The fourth-order valence-electron chi connectivity index (χ4n) is 2.97. The van der Waals surface area contributed by atoms with Crippen LogP contribution in [0, 0.1) is 0 Å². The number of benzene rings is 1. The number of epoxide rings is 1. The summed E-state index contributed by atoms with van der Waals surface area (Å²) >= 11 is 0. The maximum atomic E-state index is 12.5. The first-order valence-corrected chi connectivity index (χ1v) is 9.41. The van der Waals surface area contributed by atoms with Crippen LogP contribution in [-0.4, -0.2) is 43.7 Å². The van der Waals surface area contributed by atoms with Crippen molar-refractivity contribution < 1.29 is 38.0 Å². The second-order valence-electron chi connectivity index (χ2n) is 7.23. The van der Waals surface area contributed by atoms with Crippen LogP contribution in [0.3, 0.4) is 0 Å². The fraction of sp³-hybridized carbons (Fsp3) is 0.524. The highest BCUT2D eigenvalue weighted by Gasteiger charge is 2.57. The van der Waals surface area contributed by atoms with Gasteiger partial charge in [-0.2, -0.15) is 0 Å². The molecule has 1 saturated heterocycles. The summed E-state index contributed by atoms with van der Waals surface area (Å²) in [6.07, 6.45) is -0.243. The van der Waals surface area contributed by atoms with Gasteiger partial charge in [-0.05, 0) is 46.8 Å². The lowest BCUT2D eigenvalue weighted by molar-refractivity contribution is -0.168. The molecule has 8 nitrogen and oxygen atoms in total. The molecule has 0 spiro atoms. The van der Waals surface area contributed by atoms with Crippen LogP contribution in [0.2, 0.25) is 0 Å². The molecule has 29 heavy (non-hydrogen) atoms. The Balaban J connectivity index is 1.91. The first-order chi connectivity index (χ1) is 13.7. The Morgan fingerprint density at radius 1 is 1.28 bits per heavy atom. The van der Waals surface area contributed by atoms with Gasteiger partial charge in [0.25, 0.3) is 0 Å². The molecule has 158 valence electrons.